The zero-order valence-electron chi connectivity index (χ0n) is 20.4. The molecule has 0 atom stereocenters. The quantitative estimate of drug-likeness (QED) is 0.460. The summed E-state index contributed by atoms with van der Waals surface area (Å²) in [6.45, 7) is 5.90. The largest absolute Gasteiger partial charge is 0.497 e. The van der Waals surface area contributed by atoms with Crippen molar-refractivity contribution in [2.24, 2.45) is 5.92 Å². The van der Waals surface area contributed by atoms with Gasteiger partial charge in [0.25, 0.3) is 0 Å². The summed E-state index contributed by atoms with van der Waals surface area (Å²) in [5.74, 6) is 3.61. The van der Waals surface area contributed by atoms with Crippen LogP contribution in [-0.4, -0.2) is 47.9 Å². The fourth-order valence-electron chi connectivity index (χ4n) is 4.25. The van der Waals surface area contributed by atoms with Gasteiger partial charge in [0.05, 0.1) is 25.6 Å². The highest BCUT2D eigenvalue weighted by Crippen LogP contribution is 2.33. The third-order valence-corrected chi connectivity index (χ3v) is 6.44. The molecule has 3 aromatic rings. The van der Waals surface area contributed by atoms with Gasteiger partial charge in [0, 0.05) is 31.1 Å². The fraction of sp³-hybridized carbons (Fsp3) is 0.407. The highest BCUT2D eigenvalue weighted by molar-refractivity contribution is 5.76. The lowest BCUT2D eigenvalue weighted by molar-refractivity contribution is -0.132. The first-order valence-electron chi connectivity index (χ1n) is 11.8. The van der Waals surface area contributed by atoms with E-state index in [1.54, 1.807) is 18.9 Å². The highest BCUT2D eigenvalue weighted by Gasteiger charge is 2.23. The first kappa shape index (κ1) is 23.7. The van der Waals surface area contributed by atoms with Gasteiger partial charge in [-0.05, 0) is 68.5 Å². The number of nitrogens with zero attached hydrogens (tertiary/aromatic N) is 3. The molecule has 1 aliphatic rings. The van der Waals surface area contributed by atoms with Crippen LogP contribution in [0.3, 0.4) is 0 Å². The van der Waals surface area contributed by atoms with E-state index in [1.165, 1.54) is 0 Å². The number of benzene rings is 2. The van der Waals surface area contributed by atoms with Crippen molar-refractivity contribution in [2.75, 3.05) is 27.3 Å². The molecular weight excluding hydrogens is 430 g/mol. The molecule has 180 valence electrons. The van der Waals surface area contributed by atoms with Crippen molar-refractivity contribution in [3.8, 4) is 28.8 Å². The monoisotopic (exact) mass is 463 g/mol. The van der Waals surface area contributed by atoms with Crippen molar-refractivity contribution in [3.63, 3.8) is 0 Å². The van der Waals surface area contributed by atoms with E-state index in [4.69, 9.17) is 19.3 Å². The third kappa shape index (κ3) is 5.35. The zero-order valence-corrected chi connectivity index (χ0v) is 20.4. The van der Waals surface area contributed by atoms with Gasteiger partial charge in [-0.1, -0.05) is 13.0 Å². The van der Waals surface area contributed by atoms with Gasteiger partial charge in [-0.2, -0.15) is 5.10 Å². The minimum absolute atomic E-state index is 0.191. The molecule has 0 radical (unpaired) electrons. The normalized spacial score (nSPS) is 14.2. The number of piperidine rings is 1. The summed E-state index contributed by atoms with van der Waals surface area (Å²) in [4.78, 5) is 14.9. The molecule has 2 heterocycles. The van der Waals surface area contributed by atoms with Crippen molar-refractivity contribution in [1.82, 2.24) is 14.7 Å². The summed E-state index contributed by atoms with van der Waals surface area (Å²) in [5.41, 5.74) is 2.62. The van der Waals surface area contributed by atoms with Gasteiger partial charge >= 0.3 is 0 Å². The Hall–Kier alpha value is -3.48. The van der Waals surface area contributed by atoms with Crippen molar-refractivity contribution in [3.05, 3.63) is 59.8 Å². The predicted molar refractivity (Wildman–Crippen MR) is 131 cm³/mol. The number of hydrogen-bond acceptors (Lipinski definition) is 5. The van der Waals surface area contributed by atoms with E-state index in [-0.39, 0.29) is 5.91 Å². The summed E-state index contributed by atoms with van der Waals surface area (Å²) in [6, 6.07) is 15.1. The number of rotatable bonds is 8. The van der Waals surface area contributed by atoms with Gasteiger partial charge in [-0.15, -0.1) is 0 Å². The first-order valence-corrected chi connectivity index (χ1v) is 11.8. The summed E-state index contributed by atoms with van der Waals surface area (Å²) >= 11 is 0. The summed E-state index contributed by atoms with van der Waals surface area (Å²) in [7, 11) is 3.27. The Labute approximate surface area is 201 Å². The van der Waals surface area contributed by atoms with Gasteiger partial charge < -0.3 is 19.1 Å². The number of carbonyl (C=O) groups excluding carboxylic acids is 1. The van der Waals surface area contributed by atoms with Gasteiger partial charge in [-0.3, -0.25) is 4.79 Å². The van der Waals surface area contributed by atoms with Gasteiger partial charge in [0.15, 0.2) is 0 Å². The summed E-state index contributed by atoms with van der Waals surface area (Å²) in [6.07, 6.45) is 3.14. The second kappa shape index (κ2) is 10.6. The Morgan fingerprint density at radius 3 is 2.35 bits per heavy atom. The minimum atomic E-state index is 0.191. The average molecular weight is 464 g/mol. The molecule has 2 aromatic carbocycles. The number of likely N-dealkylation sites (tertiary alicyclic amines) is 1. The lowest BCUT2D eigenvalue weighted by Gasteiger charge is -2.30. The van der Waals surface area contributed by atoms with Crippen molar-refractivity contribution < 1.29 is 19.0 Å². The molecule has 1 amide bonds. The van der Waals surface area contributed by atoms with Crippen LogP contribution in [0.2, 0.25) is 0 Å². The molecule has 0 aliphatic carbocycles. The zero-order chi connectivity index (χ0) is 24.1. The molecule has 4 rings (SSSR count). The van der Waals surface area contributed by atoms with Crippen LogP contribution in [0.4, 0.5) is 0 Å². The number of aromatic nitrogens is 2. The Kier molecular flexibility index (Phi) is 7.40. The van der Waals surface area contributed by atoms with Crippen LogP contribution in [0.5, 0.6) is 23.1 Å². The van der Waals surface area contributed by atoms with Crippen LogP contribution in [0.1, 0.15) is 37.4 Å². The second-order valence-electron chi connectivity index (χ2n) is 8.82. The van der Waals surface area contributed by atoms with Crippen molar-refractivity contribution in [2.45, 2.75) is 39.5 Å². The van der Waals surface area contributed by atoms with Crippen LogP contribution in [-0.2, 0) is 11.2 Å². The summed E-state index contributed by atoms with van der Waals surface area (Å²) < 4.78 is 18.8. The Morgan fingerprint density at radius 2 is 1.68 bits per heavy atom. The van der Waals surface area contributed by atoms with E-state index in [2.05, 4.69) is 6.92 Å². The van der Waals surface area contributed by atoms with E-state index in [0.717, 1.165) is 48.6 Å². The highest BCUT2D eigenvalue weighted by atomic mass is 16.5. The lowest BCUT2D eigenvalue weighted by atomic mass is 9.98. The molecule has 1 saturated heterocycles. The Bertz CT molecular complexity index is 1120. The Balaban J connectivity index is 1.62. The topological polar surface area (TPSA) is 65.8 Å². The SMILES string of the molecule is COc1ccc(-n2nc(C)c(CCC(=O)N3CCC(C)CC3)c2Oc2cccc(OC)c2)cc1. The van der Waals surface area contributed by atoms with E-state index in [1.807, 2.05) is 60.4 Å². The molecule has 0 spiro atoms. The predicted octanol–water partition coefficient (Wildman–Crippen LogP) is 5.18. The standard InChI is InChI=1S/C27H33N3O4/c1-19-14-16-29(17-15-19)26(31)13-12-25-20(2)28-30(21-8-10-22(32-3)11-9-21)27(25)34-24-7-5-6-23(18-24)33-4/h5-11,18-19H,12-17H2,1-4H3. The van der Waals surface area contributed by atoms with Crippen LogP contribution in [0.15, 0.2) is 48.5 Å². The van der Waals surface area contributed by atoms with Crippen molar-refractivity contribution >= 4 is 5.91 Å². The number of amides is 1. The van der Waals surface area contributed by atoms with Crippen molar-refractivity contribution in [1.29, 1.82) is 0 Å². The van der Waals surface area contributed by atoms with E-state index in [9.17, 15) is 4.79 Å². The number of hydrogen-bond donors (Lipinski definition) is 0. The molecule has 0 unspecified atom stereocenters. The number of aryl methyl sites for hydroxylation is 1. The molecule has 7 nitrogen and oxygen atoms in total. The lowest BCUT2D eigenvalue weighted by Crippen LogP contribution is -2.38. The molecule has 0 bridgehead atoms. The van der Waals surface area contributed by atoms with Gasteiger partial charge in [-0.25, -0.2) is 4.68 Å². The average Bonchev–Trinajstić information content (AvgIpc) is 3.17. The maximum Gasteiger partial charge on any atom is 0.226 e. The molecule has 34 heavy (non-hydrogen) atoms. The second-order valence-corrected chi connectivity index (χ2v) is 8.82. The van der Waals surface area contributed by atoms with E-state index in [0.29, 0.717) is 36.1 Å². The molecule has 7 heteroatoms. The van der Waals surface area contributed by atoms with Crippen LogP contribution in [0, 0.1) is 12.8 Å². The molecule has 1 fully saturated rings. The van der Waals surface area contributed by atoms with Crippen LogP contribution >= 0.6 is 0 Å². The molecule has 1 aliphatic heterocycles. The molecule has 0 N–H and O–H groups in total. The molecular formula is C27H33N3O4. The van der Waals surface area contributed by atoms with Gasteiger partial charge in [0.2, 0.25) is 11.8 Å². The third-order valence-electron chi connectivity index (χ3n) is 6.44. The Morgan fingerprint density at radius 1 is 1.00 bits per heavy atom. The first-order chi connectivity index (χ1) is 16.5. The van der Waals surface area contributed by atoms with E-state index < -0.39 is 0 Å². The van der Waals surface area contributed by atoms with E-state index >= 15 is 0 Å². The minimum Gasteiger partial charge on any atom is -0.497 e. The number of carbonyl (C=O) groups is 1. The molecule has 0 saturated carbocycles. The number of methoxy groups -OCH3 is 2. The molecule has 1 aromatic heterocycles. The maximum absolute atomic E-state index is 12.9. The summed E-state index contributed by atoms with van der Waals surface area (Å²) in [5, 5.41) is 4.77. The number of ether oxygens (including phenoxy) is 3. The van der Waals surface area contributed by atoms with Crippen LogP contribution < -0.4 is 14.2 Å². The smallest absolute Gasteiger partial charge is 0.226 e. The van der Waals surface area contributed by atoms with Gasteiger partial charge in [0.1, 0.15) is 17.2 Å². The van der Waals surface area contributed by atoms with Crippen LogP contribution in [0.25, 0.3) is 5.69 Å². The fourth-order valence-corrected chi connectivity index (χ4v) is 4.25. The maximum atomic E-state index is 12.9.